The second-order valence-electron chi connectivity index (χ2n) is 6.20. The van der Waals surface area contributed by atoms with E-state index in [9.17, 15) is 4.79 Å². The zero-order valence-electron chi connectivity index (χ0n) is 13.5. The highest BCUT2D eigenvalue weighted by molar-refractivity contribution is 7.13. The van der Waals surface area contributed by atoms with Crippen molar-refractivity contribution < 1.29 is 4.79 Å². The van der Waals surface area contributed by atoms with Gasteiger partial charge in [-0.25, -0.2) is 4.98 Å². The summed E-state index contributed by atoms with van der Waals surface area (Å²) in [6.07, 6.45) is 4.91. The Labute approximate surface area is 140 Å². The monoisotopic (exact) mass is 330 g/mol. The van der Waals surface area contributed by atoms with Crippen molar-refractivity contribution in [2.24, 2.45) is 0 Å². The van der Waals surface area contributed by atoms with E-state index in [2.05, 4.69) is 34.0 Å². The van der Waals surface area contributed by atoms with E-state index >= 15 is 0 Å². The number of rotatable bonds is 5. The molecule has 3 rings (SSSR count). The average Bonchev–Trinajstić information content (AvgIpc) is 3.18. The molecule has 0 aromatic carbocycles. The number of amides is 1. The van der Waals surface area contributed by atoms with Gasteiger partial charge >= 0.3 is 0 Å². The molecule has 2 aromatic heterocycles. The summed E-state index contributed by atoms with van der Waals surface area (Å²) in [6.45, 7) is 6.39. The van der Waals surface area contributed by atoms with Gasteiger partial charge in [0.1, 0.15) is 5.01 Å². The molecule has 0 aliphatic carbocycles. The minimum Gasteiger partial charge on any atom is -0.352 e. The highest BCUT2D eigenvalue weighted by Crippen LogP contribution is 2.22. The van der Waals surface area contributed by atoms with Crippen LogP contribution in [0.1, 0.15) is 26.0 Å². The van der Waals surface area contributed by atoms with Crippen LogP contribution in [0.15, 0.2) is 29.9 Å². The van der Waals surface area contributed by atoms with Gasteiger partial charge in [0.15, 0.2) is 0 Å². The first kappa shape index (κ1) is 16.1. The number of pyridine rings is 1. The molecule has 1 aliphatic heterocycles. The molecule has 1 aliphatic rings. The first-order chi connectivity index (χ1) is 11.1. The maximum Gasteiger partial charge on any atom is 0.226 e. The molecule has 1 unspecified atom stereocenters. The molecule has 1 atom stereocenters. The lowest BCUT2D eigenvalue weighted by Crippen LogP contribution is -2.39. The normalized spacial score (nSPS) is 18.5. The van der Waals surface area contributed by atoms with Crippen LogP contribution in [0.2, 0.25) is 0 Å². The molecule has 2 aromatic rings. The second kappa shape index (κ2) is 7.19. The Hall–Kier alpha value is -1.79. The number of hydrogen-bond acceptors (Lipinski definition) is 5. The largest absolute Gasteiger partial charge is 0.352 e. The van der Waals surface area contributed by atoms with Gasteiger partial charge in [-0.1, -0.05) is 0 Å². The Morgan fingerprint density at radius 2 is 2.39 bits per heavy atom. The Morgan fingerprint density at radius 3 is 3.09 bits per heavy atom. The predicted octanol–water partition coefficient (Wildman–Crippen LogP) is 2.35. The van der Waals surface area contributed by atoms with E-state index in [0.717, 1.165) is 35.8 Å². The minimum absolute atomic E-state index is 0.0589. The van der Waals surface area contributed by atoms with E-state index in [0.29, 0.717) is 12.5 Å². The summed E-state index contributed by atoms with van der Waals surface area (Å²) in [4.78, 5) is 23.3. The molecule has 1 N–H and O–H groups in total. The van der Waals surface area contributed by atoms with Crippen LogP contribution in [0, 0.1) is 0 Å². The maximum absolute atomic E-state index is 12.2. The van der Waals surface area contributed by atoms with Crippen molar-refractivity contribution in [3.63, 3.8) is 0 Å². The molecule has 6 heteroatoms. The maximum atomic E-state index is 12.2. The summed E-state index contributed by atoms with van der Waals surface area (Å²) in [6, 6.07) is 4.68. The molecule has 23 heavy (non-hydrogen) atoms. The summed E-state index contributed by atoms with van der Waals surface area (Å²) >= 11 is 1.55. The van der Waals surface area contributed by atoms with Crippen LogP contribution in [-0.2, 0) is 11.2 Å². The van der Waals surface area contributed by atoms with Gasteiger partial charge in [0, 0.05) is 48.5 Å². The van der Waals surface area contributed by atoms with Gasteiger partial charge in [-0.05, 0) is 32.4 Å². The highest BCUT2D eigenvalue weighted by Gasteiger charge is 2.25. The van der Waals surface area contributed by atoms with E-state index in [1.165, 1.54) is 0 Å². The van der Waals surface area contributed by atoms with Crippen molar-refractivity contribution in [3.05, 3.63) is 35.6 Å². The standard InChI is InChI=1S/C17H22N4OS/c1-12(2)21-7-5-14(10-21)19-16(22)8-15-11-23-17(20-15)13-4-3-6-18-9-13/h3-4,6,9,11-12,14H,5,7-8,10H2,1-2H3,(H,19,22). The fraction of sp³-hybridized carbons (Fsp3) is 0.471. The first-order valence-corrected chi connectivity index (χ1v) is 8.88. The number of thiazole rings is 1. The molecular weight excluding hydrogens is 308 g/mol. The molecule has 1 amide bonds. The van der Waals surface area contributed by atoms with Gasteiger partial charge in [0.25, 0.3) is 0 Å². The van der Waals surface area contributed by atoms with Crippen LogP contribution in [-0.4, -0.2) is 45.9 Å². The fourth-order valence-corrected chi connectivity index (χ4v) is 3.64. The van der Waals surface area contributed by atoms with Crippen molar-refractivity contribution in [2.45, 2.75) is 38.8 Å². The van der Waals surface area contributed by atoms with Crippen molar-refractivity contribution in [1.82, 2.24) is 20.2 Å². The molecular formula is C17H22N4OS. The lowest BCUT2D eigenvalue weighted by atomic mass is 10.2. The van der Waals surface area contributed by atoms with E-state index in [1.807, 2.05) is 17.5 Å². The molecule has 122 valence electrons. The number of aromatic nitrogens is 2. The average molecular weight is 330 g/mol. The van der Waals surface area contributed by atoms with E-state index in [4.69, 9.17) is 0 Å². The van der Waals surface area contributed by atoms with Crippen molar-refractivity contribution >= 4 is 17.2 Å². The molecule has 0 radical (unpaired) electrons. The van der Waals surface area contributed by atoms with Gasteiger partial charge in [-0.3, -0.25) is 14.7 Å². The zero-order chi connectivity index (χ0) is 16.2. The summed E-state index contributed by atoms with van der Waals surface area (Å²) in [5.41, 5.74) is 1.82. The lowest BCUT2D eigenvalue weighted by Gasteiger charge is -2.20. The van der Waals surface area contributed by atoms with Crippen LogP contribution in [0.25, 0.3) is 10.6 Å². The van der Waals surface area contributed by atoms with E-state index < -0.39 is 0 Å². The number of nitrogens with one attached hydrogen (secondary N) is 1. The van der Waals surface area contributed by atoms with Crippen molar-refractivity contribution in [1.29, 1.82) is 0 Å². The Morgan fingerprint density at radius 1 is 1.52 bits per heavy atom. The molecule has 5 nitrogen and oxygen atoms in total. The smallest absolute Gasteiger partial charge is 0.226 e. The van der Waals surface area contributed by atoms with Crippen molar-refractivity contribution in [2.75, 3.05) is 13.1 Å². The Bertz CT molecular complexity index is 656. The first-order valence-electron chi connectivity index (χ1n) is 8.00. The van der Waals surface area contributed by atoms with Crippen LogP contribution in [0.5, 0.6) is 0 Å². The number of nitrogens with zero attached hydrogens (tertiary/aromatic N) is 3. The predicted molar refractivity (Wildman–Crippen MR) is 92.3 cm³/mol. The van der Waals surface area contributed by atoms with Gasteiger partial charge in [-0.2, -0.15) is 0 Å². The third kappa shape index (κ3) is 4.14. The molecule has 1 saturated heterocycles. The number of hydrogen-bond donors (Lipinski definition) is 1. The second-order valence-corrected chi connectivity index (χ2v) is 7.06. The van der Waals surface area contributed by atoms with Crippen molar-refractivity contribution in [3.8, 4) is 10.6 Å². The van der Waals surface area contributed by atoms with E-state index in [1.54, 1.807) is 23.7 Å². The molecule has 3 heterocycles. The minimum atomic E-state index is 0.0589. The highest BCUT2D eigenvalue weighted by atomic mass is 32.1. The third-order valence-corrected chi connectivity index (χ3v) is 5.06. The molecule has 0 spiro atoms. The number of carbonyl (C=O) groups excluding carboxylic acids is 1. The number of carbonyl (C=O) groups is 1. The van der Waals surface area contributed by atoms with Crippen LogP contribution in [0.4, 0.5) is 0 Å². The molecule has 0 saturated carbocycles. The third-order valence-electron chi connectivity index (χ3n) is 4.12. The van der Waals surface area contributed by atoms with Crippen LogP contribution >= 0.6 is 11.3 Å². The lowest BCUT2D eigenvalue weighted by molar-refractivity contribution is -0.121. The Kier molecular flexibility index (Phi) is 5.03. The summed E-state index contributed by atoms with van der Waals surface area (Å²) in [7, 11) is 0. The molecule has 0 bridgehead atoms. The zero-order valence-corrected chi connectivity index (χ0v) is 14.3. The van der Waals surface area contributed by atoms with Crippen LogP contribution < -0.4 is 5.32 Å². The van der Waals surface area contributed by atoms with E-state index in [-0.39, 0.29) is 11.9 Å². The summed E-state index contributed by atoms with van der Waals surface area (Å²) in [5.74, 6) is 0.0589. The Balaban J connectivity index is 1.54. The van der Waals surface area contributed by atoms with Crippen LogP contribution in [0.3, 0.4) is 0 Å². The molecule has 1 fully saturated rings. The van der Waals surface area contributed by atoms with Gasteiger partial charge in [-0.15, -0.1) is 11.3 Å². The SMILES string of the molecule is CC(C)N1CCC(NC(=O)Cc2csc(-c3cccnc3)n2)C1. The van der Waals surface area contributed by atoms with Gasteiger partial charge < -0.3 is 5.32 Å². The number of likely N-dealkylation sites (tertiary alicyclic amines) is 1. The summed E-state index contributed by atoms with van der Waals surface area (Å²) < 4.78 is 0. The van der Waals surface area contributed by atoms with Gasteiger partial charge in [0.2, 0.25) is 5.91 Å². The topological polar surface area (TPSA) is 58.1 Å². The fourth-order valence-electron chi connectivity index (χ4n) is 2.83. The quantitative estimate of drug-likeness (QED) is 0.914. The van der Waals surface area contributed by atoms with Gasteiger partial charge in [0.05, 0.1) is 12.1 Å². The summed E-state index contributed by atoms with van der Waals surface area (Å²) in [5, 5.41) is 6.00.